The molecule has 1 nitrogen and oxygen atoms in total. The van der Waals surface area contributed by atoms with Crippen molar-refractivity contribution >= 4 is 28.3 Å². The van der Waals surface area contributed by atoms with Crippen LogP contribution in [-0.4, -0.2) is 25.0 Å². The van der Waals surface area contributed by atoms with Crippen molar-refractivity contribution in [2.75, 3.05) is 14.1 Å². The van der Waals surface area contributed by atoms with Gasteiger partial charge in [0, 0.05) is 16.4 Å². The standard InChI is InChI=1S/C18H20BrN.ClH/c1-20(2)14-11-13-7-3-4-8-15(13)17(12-14)16-9-5-6-10-18(16)19;/h3-10,14,17H,11-12H2,1-2H3;1H/t14-,17+;/m0./s1. The van der Waals surface area contributed by atoms with Crippen molar-refractivity contribution in [1.29, 1.82) is 0 Å². The summed E-state index contributed by atoms with van der Waals surface area (Å²) >= 11 is 3.73. The number of fused-ring (bicyclic) bond motifs is 1. The van der Waals surface area contributed by atoms with Crippen LogP contribution in [0.5, 0.6) is 0 Å². The maximum Gasteiger partial charge on any atom is 0.0213 e. The zero-order chi connectivity index (χ0) is 14.1. The molecule has 0 amide bonds. The van der Waals surface area contributed by atoms with Gasteiger partial charge in [0.2, 0.25) is 0 Å². The monoisotopic (exact) mass is 365 g/mol. The summed E-state index contributed by atoms with van der Waals surface area (Å²) in [7, 11) is 4.38. The Bertz CT molecular complexity index is 612. The van der Waals surface area contributed by atoms with Crippen molar-refractivity contribution in [2.24, 2.45) is 0 Å². The Morgan fingerprint density at radius 1 is 0.952 bits per heavy atom. The Morgan fingerprint density at radius 2 is 1.57 bits per heavy atom. The SMILES string of the molecule is CN(C)[C@H]1Cc2ccccc2[C@H](c2ccccc2Br)C1.Cl. The molecule has 0 saturated carbocycles. The first-order chi connectivity index (χ1) is 9.66. The summed E-state index contributed by atoms with van der Waals surface area (Å²) < 4.78 is 1.22. The molecule has 0 heterocycles. The van der Waals surface area contributed by atoms with Crippen molar-refractivity contribution in [3.05, 3.63) is 69.7 Å². The predicted molar refractivity (Wildman–Crippen MR) is 95.5 cm³/mol. The van der Waals surface area contributed by atoms with Gasteiger partial charge in [-0.15, -0.1) is 12.4 Å². The summed E-state index contributed by atoms with van der Waals surface area (Å²) in [5.41, 5.74) is 4.40. The fraction of sp³-hybridized carbons (Fsp3) is 0.333. The first kappa shape index (κ1) is 16.5. The Kier molecular flexibility index (Phi) is 5.48. The number of halogens is 2. The van der Waals surface area contributed by atoms with Gasteiger partial charge in [-0.05, 0) is 49.7 Å². The summed E-state index contributed by atoms with van der Waals surface area (Å²) in [6.07, 6.45) is 2.34. The smallest absolute Gasteiger partial charge is 0.0213 e. The molecule has 0 bridgehead atoms. The molecule has 0 N–H and O–H groups in total. The van der Waals surface area contributed by atoms with E-state index in [9.17, 15) is 0 Å². The van der Waals surface area contributed by atoms with Crippen LogP contribution in [0.2, 0.25) is 0 Å². The maximum atomic E-state index is 3.73. The van der Waals surface area contributed by atoms with Gasteiger partial charge in [0.15, 0.2) is 0 Å². The molecule has 112 valence electrons. The topological polar surface area (TPSA) is 3.24 Å². The number of nitrogens with zero attached hydrogens (tertiary/aromatic N) is 1. The van der Waals surface area contributed by atoms with Crippen molar-refractivity contribution in [3.8, 4) is 0 Å². The van der Waals surface area contributed by atoms with E-state index in [0.29, 0.717) is 12.0 Å². The van der Waals surface area contributed by atoms with E-state index in [4.69, 9.17) is 0 Å². The molecule has 0 spiro atoms. The molecule has 2 aromatic rings. The van der Waals surface area contributed by atoms with Gasteiger partial charge in [0.1, 0.15) is 0 Å². The van der Waals surface area contributed by atoms with Crippen LogP contribution in [0, 0.1) is 0 Å². The van der Waals surface area contributed by atoms with Crippen LogP contribution < -0.4 is 0 Å². The quantitative estimate of drug-likeness (QED) is 0.732. The predicted octanol–water partition coefficient (Wildman–Crippen LogP) is 4.88. The molecule has 1 aliphatic rings. The lowest BCUT2D eigenvalue weighted by molar-refractivity contribution is 0.258. The second-order valence-corrected chi connectivity index (χ2v) is 6.68. The van der Waals surface area contributed by atoms with Gasteiger partial charge < -0.3 is 4.90 Å². The van der Waals surface area contributed by atoms with Crippen LogP contribution in [0.25, 0.3) is 0 Å². The lowest BCUT2D eigenvalue weighted by Gasteiger charge is -2.35. The molecule has 1 aliphatic carbocycles. The van der Waals surface area contributed by atoms with Crippen LogP contribution in [-0.2, 0) is 6.42 Å². The molecule has 3 heteroatoms. The van der Waals surface area contributed by atoms with E-state index in [1.54, 1.807) is 0 Å². The highest BCUT2D eigenvalue weighted by molar-refractivity contribution is 9.10. The van der Waals surface area contributed by atoms with Gasteiger partial charge in [0.05, 0.1) is 0 Å². The van der Waals surface area contributed by atoms with Crippen molar-refractivity contribution in [2.45, 2.75) is 24.8 Å². The van der Waals surface area contributed by atoms with Crippen LogP contribution in [0.4, 0.5) is 0 Å². The fourth-order valence-corrected chi connectivity index (χ4v) is 3.80. The van der Waals surface area contributed by atoms with E-state index in [2.05, 4.69) is 83.5 Å². The van der Waals surface area contributed by atoms with Gasteiger partial charge in [-0.3, -0.25) is 0 Å². The van der Waals surface area contributed by atoms with Crippen molar-refractivity contribution in [3.63, 3.8) is 0 Å². The number of hydrogen-bond acceptors (Lipinski definition) is 1. The molecule has 0 fully saturated rings. The largest absolute Gasteiger partial charge is 0.306 e. The molecule has 2 atom stereocenters. The molecular formula is C18H21BrClN. The summed E-state index contributed by atoms with van der Waals surface area (Å²) in [5.74, 6) is 0.489. The molecule has 21 heavy (non-hydrogen) atoms. The fourth-order valence-electron chi connectivity index (χ4n) is 3.24. The molecule has 0 saturated heterocycles. The Balaban J connectivity index is 0.00000161. The maximum absolute atomic E-state index is 3.73. The van der Waals surface area contributed by atoms with Crippen molar-refractivity contribution < 1.29 is 0 Å². The normalized spacial score (nSPS) is 20.8. The highest BCUT2D eigenvalue weighted by Gasteiger charge is 2.29. The van der Waals surface area contributed by atoms with Crippen LogP contribution in [0.3, 0.4) is 0 Å². The number of benzene rings is 2. The molecule has 0 unspecified atom stereocenters. The third-order valence-electron chi connectivity index (χ3n) is 4.40. The molecule has 0 aromatic heterocycles. The lowest BCUT2D eigenvalue weighted by Crippen LogP contribution is -2.35. The Morgan fingerprint density at radius 3 is 2.24 bits per heavy atom. The average Bonchev–Trinajstić information content (AvgIpc) is 2.46. The summed E-state index contributed by atoms with van der Waals surface area (Å²) in [4.78, 5) is 2.36. The van der Waals surface area contributed by atoms with Gasteiger partial charge in [-0.2, -0.15) is 0 Å². The van der Waals surface area contributed by atoms with Crippen LogP contribution >= 0.6 is 28.3 Å². The lowest BCUT2D eigenvalue weighted by atomic mass is 9.76. The van der Waals surface area contributed by atoms with E-state index in [0.717, 1.165) is 6.42 Å². The first-order valence-electron chi connectivity index (χ1n) is 7.15. The zero-order valence-corrected chi connectivity index (χ0v) is 14.8. The Labute approximate surface area is 141 Å². The summed E-state index contributed by atoms with van der Waals surface area (Å²) in [6.45, 7) is 0. The van der Waals surface area contributed by atoms with Gasteiger partial charge in [-0.25, -0.2) is 0 Å². The van der Waals surface area contributed by atoms with Gasteiger partial charge >= 0.3 is 0 Å². The number of likely N-dealkylation sites (N-methyl/N-ethyl adjacent to an activating group) is 1. The van der Waals surface area contributed by atoms with E-state index >= 15 is 0 Å². The molecule has 3 rings (SSSR count). The highest BCUT2D eigenvalue weighted by atomic mass is 79.9. The Hall–Kier alpha value is -0.830. The molecule has 0 radical (unpaired) electrons. The van der Waals surface area contributed by atoms with E-state index in [-0.39, 0.29) is 12.4 Å². The zero-order valence-electron chi connectivity index (χ0n) is 12.4. The third-order valence-corrected chi connectivity index (χ3v) is 5.13. The summed E-state index contributed by atoms with van der Waals surface area (Å²) in [6, 6.07) is 18.2. The summed E-state index contributed by atoms with van der Waals surface area (Å²) in [5, 5.41) is 0. The van der Waals surface area contributed by atoms with Crippen LogP contribution in [0.15, 0.2) is 53.0 Å². The van der Waals surface area contributed by atoms with E-state index in [1.165, 1.54) is 27.6 Å². The second kappa shape index (κ2) is 6.95. The highest BCUT2D eigenvalue weighted by Crippen LogP contribution is 2.40. The van der Waals surface area contributed by atoms with E-state index < -0.39 is 0 Å². The minimum Gasteiger partial charge on any atom is -0.306 e. The minimum absolute atomic E-state index is 0. The first-order valence-corrected chi connectivity index (χ1v) is 7.94. The number of hydrogen-bond donors (Lipinski definition) is 0. The number of rotatable bonds is 2. The molecular weight excluding hydrogens is 346 g/mol. The van der Waals surface area contributed by atoms with Crippen molar-refractivity contribution in [1.82, 2.24) is 4.90 Å². The molecule has 0 aliphatic heterocycles. The minimum atomic E-state index is 0. The second-order valence-electron chi connectivity index (χ2n) is 5.83. The van der Waals surface area contributed by atoms with E-state index in [1.807, 2.05) is 0 Å². The van der Waals surface area contributed by atoms with Gasteiger partial charge in [0.25, 0.3) is 0 Å². The van der Waals surface area contributed by atoms with Gasteiger partial charge in [-0.1, -0.05) is 58.4 Å². The third kappa shape index (κ3) is 3.33. The average molecular weight is 367 g/mol. The molecule has 2 aromatic carbocycles. The van der Waals surface area contributed by atoms with Crippen LogP contribution in [0.1, 0.15) is 29.0 Å².